The number of amides is 1. The first-order chi connectivity index (χ1) is 11.6. The molecule has 2 heterocycles. The first-order valence-corrected chi connectivity index (χ1v) is 8.65. The van der Waals surface area contributed by atoms with Gasteiger partial charge in [-0.2, -0.15) is 0 Å². The topological polar surface area (TPSA) is 38.8 Å². The SMILES string of the molecule is C=C(C)[C@H]1c2ccccc2CCN1C=O.COC1CCC(C)OC1. The standard InChI is InChI=1S/C13H15NO.C7H14O2/c1-10(2)13-12-6-4-3-5-11(12)7-8-14(13)9-15;1-6-3-4-7(8-2)5-9-6/h3-6,9,13H,1,7-8H2,2H3;6-7H,3-5H2,1-2H3/t13-;/m0./s1. The highest BCUT2D eigenvalue weighted by atomic mass is 16.5. The second-order valence-electron chi connectivity index (χ2n) is 6.62. The van der Waals surface area contributed by atoms with Gasteiger partial charge in [0, 0.05) is 13.7 Å². The summed E-state index contributed by atoms with van der Waals surface area (Å²) >= 11 is 0. The minimum atomic E-state index is 0.0625. The molecule has 2 aliphatic rings. The lowest BCUT2D eigenvalue weighted by atomic mass is 9.89. The van der Waals surface area contributed by atoms with Gasteiger partial charge in [-0.05, 0) is 44.2 Å². The molecule has 0 N–H and O–H groups in total. The first-order valence-electron chi connectivity index (χ1n) is 8.65. The van der Waals surface area contributed by atoms with Crippen molar-refractivity contribution in [1.29, 1.82) is 0 Å². The Bertz CT molecular complexity index is 550. The number of nitrogens with zero attached hydrogens (tertiary/aromatic N) is 1. The number of fused-ring (bicyclic) bond motifs is 1. The van der Waals surface area contributed by atoms with E-state index in [0.29, 0.717) is 12.2 Å². The summed E-state index contributed by atoms with van der Waals surface area (Å²) in [6.07, 6.45) is 4.95. The molecular weight excluding hydrogens is 302 g/mol. The summed E-state index contributed by atoms with van der Waals surface area (Å²) in [5.74, 6) is 0. The molecule has 4 heteroatoms. The average Bonchev–Trinajstić information content (AvgIpc) is 2.61. The van der Waals surface area contributed by atoms with Crippen LogP contribution >= 0.6 is 0 Å². The number of benzene rings is 1. The maximum Gasteiger partial charge on any atom is 0.210 e. The first kappa shape index (κ1) is 18.7. The summed E-state index contributed by atoms with van der Waals surface area (Å²) in [7, 11) is 1.74. The van der Waals surface area contributed by atoms with Crippen molar-refractivity contribution in [3.63, 3.8) is 0 Å². The van der Waals surface area contributed by atoms with Gasteiger partial charge in [0.2, 0.25) is 6.41 Å². The van der Waals surface area contributed by atoms with Crippen LogP contribution in [0.25, 0.3) is 0 Å². The number of carbonyl (C=O) groups is 1. The molecule has 1 fully saturated rings. The number of rotatable bonds is 3. The van der Waals surface area contributed by atoms with Gasteiger partial charge in [0.05, 0.1) is 24.9 Å². The van der Waals surface area contributed by atoms with Gasteiger partial charge in [0.25, 0.3) is 0 Å². The Labute approximate surface area is 145 Å². The molecule has 1 saturated heterocycles. The minimum absolute atomic E-state index is 0.0625. The van der Waals surface area contributed by atoms with Gasteiger partial charge in [0.15, 0.2) is 0 Å². The summed E-state index contributed by atoms with van der Waals surface area (Å²) < 4.78 is 10.5. The molecule has 3 atom stereocenters. The largest absolute Gasteiger partial charge is 0.379 e. The van der Waals surface area contributed by atoms with Crippen molar-refractivity contribution in [3.8, 4) is 0 Å². The van der Waals surface area contributed by atoms with Crippen molar-refractivity contribution in [2.45, 2.75) is 51.4 Å². The molecule has 3 rings (SSSR count). The Morgan fingerprint density at radius 3 is 2.71 bits per heavy atom. The molecular formula is C20H29NO3. The fraction of sp³-hybridized carbons (Fsp3) is 0.550. The molecule has 0 aliphatic carbocycles. The van der Waals surface area contributed by atoms with Crippen LogP contribution in [0.3, 0.4) is 0 Å². The summed E-state index contributed by atoms with van der Waals surface area (Å²) in [6.45, 7) is 9.62. The van der Waals surface area contributed by atoms with Crippen molar-refractivity contribution >= 4 is 6.41 Å². The van der Waals surface area contributed by atoms with E-state index < -0.39 is 0 Å². The Morgan fingerprint density at radius 2 is 2.12 bits per heavy atom. The highest BCUT2D eigenvalue weighted by Crippen LogP contribution is 2.32. The molecule has 4 nitrogen and oxygen atoms in total. The lowest BCUT2D eigenvalue weighted by Gasteiger charge is -2.35. The van der Waals surface area contributed by atoms with Crippen molar-refractivity contribution in [1.82, 2.24) is 4.90 Å². The summed E-state index contributed by atoms with van der Waals surface area (Å²) in [5, 5.41) is 0. The molecule has 0 radical (unpaired) electrons. The maximum atomic E-state index is 11.0. The predicted molar refractivity (Wildman–Crippen MR) is 95.9 cm³/mol. The molecule has 0 spiro atoms. The van der Waals surface area contributed by atoms with Gasteiger partial charge in [-0.1, -0.05) is 36.4 Å². The molecule has 1 amide bonds. The van der Waals surface area contributed by atoms with Crippen LogP contribution in [-0.4, -0.2) is 43.8 Å². The maximum absolute atomic E-state index is 11.0. The minimum Gasteiger partial charge on any atom is -0.379 e. The Kier molecular flexibility index (Phi) is 7.00. The molecule has 132 valence electrons. The molecule has 0 bridgehead atoms. The van der Waals surface area contributed by atoms with E-state index in [-0.39, 0.29) is 6.04 Å². The summed E-state index contributed by atoms with van der Waals surface area (Å²) in [5.41, 5.74) is 3.58. The van der Waals surface area contributed by atoms with Crippen molar-refractivity contribution in [2.75, 3.05) is 20.3 Å². The van der Waals surface area contributed by atoms with Gasteiger partial charge >= 0.3 is 0 Å². The van der Waals surface area contributed by atoms with Gasteiger partial charge in [-0.3, -0.25) is 4.79 Å². The zero-order valence-corrected chi connectivity index (χ0v) is 15.0. The second-order valence-corrected chi connectivity index (χ2v) is 6.62. The van der Waals surface area contributed by atoms with E-state index in [1.807, 2.05) is 24.0 Å². The fourth-order valence-electron chi connectivity index (χ4n) is 3.29. The van der Waals surface area contributed by atoms with Crippen LogP contribution in [0.1, 0.15) is 43.9 Å². The molecule has 1 aromatic carbocycles. The normalized spacial score (nSPS) is 26.0. The highest BCUT2D eigenvalue weighted by Gasteiger charge is 2.26. The smallest absolute Gasteiger partial charge is 0.210 e. The van der Waals surface area contributed by atoms with Crippen LogP contribution < -0.4 is 0 Å². The zero-order chi connectivity index (χ0) is 17.5. The van der Waals surface area contributed by atoms with Gasteiger partial charge in [0.1, 0.15) is 0 Å². The van der Waals surface area contributed by atoms with Crippen LogP contribution in [0, 0.1) is 0 Å². The van der Waals surface area contributed by atoms with E-state index in [9.17, 15) is 4.79 Å². The number of ether oxygens (including phenoxy) is 2. The van der Waals surface area contributed by atoms with Crippen LogP contribution in [0.2, 0.25) is 0 Å². The van der Waals surface area contributed by atoms with Crippen LogP contribution in [0.4, 0.5) is 0 Å². The highest BCUT2D eigenvalue weighted by molar-refractivity contribution is 5.53. The van der Waals surface area contributed by atoms with Gasteiger partial charge in [-0.15, -0.1) is 0 Å². The molecule has 1 aromatic rings. The molecule has 24 heavy (non-hydrogen) atoms. The van der Waals surface area contributed by atoms with E-state index >= 15 is 0 Å². The molecule has 2 unspecified atom stereocenters. The van der Waals surface area contributed by atoms with Crippen molar-refractivity contribution in [2.24, 2.45) is 0 Å². The van der Waals surface area contributed by atoms with Crippen LogP contribution in [-0.2, 0) is 20.7 Å². The average molecular weight is 331 g/mol. The molecule has 2 aliphatic heterocycles. The number of carbonyl (C=O) groups excluding carboxylic acids is 1. The van der Waals surface area contributed by atoms with Gasteiger partial charge < -0.3 is 14.4 Å². The van der Waals surface area contributed by atoms with E-state index in [4.69, 9.17) is 9.47 Å². The lowest BCUT2D eigenvalue weighted by molar-refractivity contribution is -0.120. The summed E-state index contributed by atoms with van der Waals surface area (Å²) in [4.78, 5) is 12.8. The Hall–Kier alpha value is -1.65. The number of hydrogen-bond donors (Lipinski definition) is 0. The van der Waals surface area contributed by atoms with Crippen molar-refractivity contribution < 1.29 is 14.3 Å². The lowest BCUT2D eigenvalue weighted by Crippen LogP contribution is -2.34. The predicted octanol–water partition coefficient (Wildman–Crippen LogP) is 3.52. The van der Waals surface area contributed by atoms with Crippen LogP contribution in [0.5, 0.6) is 0 Å². The van der Waals surface area contributed by atoms with Crippen LogP contribution in [0.15, 0.2) is 36.4 Å². The third-order valence-electron chi connectivity index (χ3n) is 4.72. The van der Waals surface area contributed by atoms with E-state index in [1.165, 1.54) is 11.1 Å². The quantitative estimate of drug-likeness (QED) is 0.628. The number of hydrogen-bond acceptors (Lipinski definition) is 3. The molecule has 0 saturated carbocycles. The fourth-order valence-corrected chi connectivity index (χ4v) is 3.29. The van der Waals surface area contributed by atoms with E-state index in [1.54, 1.807) is 7.11 Å². The van der Waals surface area contributed by atoms with Crippen molar-refractivity contribution in [3.05, 3.63) is 47.5 Å². The van der Waals surface area contributed by atoms with E-state index in [2.05, 4.69) is 25.6 Å². The third kappa shape index (κ3) is 4.68. The molecule has 0 aromatic heterocycles. The third-order valence-corrected chi connectivity index (χ3v) is 4.72. The Balaban J connectivity index is 0.000000198. The Morgan fingerprint density at radius 1 is 1.38 bits per heavy atom. The van der Waals surface area contributed by atoms with E-state index in [0.717, 1.165) is 44.4 Å². The monoisotopic (exact) mass is 331 g/mol. The summed E-state index contributed by atoms with van der Waals surface area (Å²) in [6, 6.07) is 8.35. The second kappa shape index (κ2) is 9.00. The number of methoxy groups -OCH3 is 1. The van der Waals surface area contributed by atoms with Gasteiger partial charge in [-0.25, -0.2) is 0 Å². The zero-order valence-electron chi connectivity index (χ0n) is 15.0.